The Morgan fingerprint density at radius 1 is 0.865 bits per heavy atom. The minimum atomic E-state index is -0.996. The molecule has 3 aromatic rings. The zero-order chi connectivity index (χ0) is 26.4. The van der Waals surface area contributed by atoms with Gasteiger partial charge in [-0.2, -0.15) is 0 Å². The van der Waals surface area contributed by atoms with Gasteiger partial charge in [0.2, 0.25) is 0 Å². The Labute approximate surface area is 214 Å². The fourth-order valence-electron chi connectivity index (χ4n) is 4.13. The minimum absolute atomic E-state index is 0.0408. The number of aromatic carboxylic acids is 1. The number of carboxylic acids is 1. The van der Waals surface area contributed by atoms with Crippen molar-refractivity contribution >= 4 is 17.7 Å². The lowest BCUT2D eigenvalue weighted by Gasteiger charge is -2.26. The molecule has 0 bridgehead atoms. The maximum Gasteiger partial charge on any atom is 0.335 e. The molecule has 1 saturated carbocycles. The Morgan fingerprint density at radius 3 is 2.11 bits per heavy atom. The number of amides is 1. The van der Waals surface area contributed by atoms with Crippen LogP contribution in [-0.2, 0) is 6.61 Å². The highest BCUT2D eigenvalue weighted by Gasteiger charge is 2.21. The van der Waals surface area contributed by atoms with Gasteiger partial charge < -0.3 is 31.4 Å². The predicted molar refractivity (Wildman–Crippen MR) is 139 cm³/mol. The van der Waals surface area contributed by atoms with Gasteiger partial charge in [-0.3, -0.25) is 10.2 Å². The molecule has 0 heterocycles. The number of rotatable bonds is 9. The van der Waals surface area contributed by atoms with Gasteiger partial charge in [0.1, 0.15) is 29.7 Å². The Morgan fingerprint density at radius 2 is 1.49 bits per heavy atom. The van der Waals surface area contributed by atoms with Crippen molar-refractivity contribution in [3.8, 4) is 17.2 Å². The predicted octanol–water partition coefficient (Wildman–Crippen LogP) is 4.04. The summed E-state index contributed by atoms with van der Waals surface area (Å²) in [5.41, 5.74) is 13.4. The molecule has 0 spiro atoms. The van der Waals surface area contributed by atoms with E-state index < -0.39 is 5.97 Å². The quantitative estimate of drug-likeness (QED) is 0.218. The van der Waals surface area contributed by atoms with E-state index in [1.807, 2.05) is 0 Å². The average molecular weight is 503 g/mol. The normalized spacial score (nSPS) is 17.0. The average Bonchev–Trinajstić information content (AvgIpc) is 2.89. The number of benzene rings is 3. The van der Waals surface area contributed by atoms with Gasteiger partial charge in [0.05, 0.1) is 5.56 Å². The summed E-state index contributed by atoms with van der Waals surface area (Å²) in [4.78, 5) is 24.2. The minimum Gasteiger partial charge on any atom is -0.489 e. The number of amidine groups is 1. The first-order valence-electron chi connectivity index (χ1n) is 12.1. The van der Waals surface area contributed by atoms with Crippen LogP contribution in [-0.4, -0.2) is 34.9 Å². The molecule has 192 valence electrons. The maximum atomic E-state index is 13.1. The summed E-state index contributed by atoms with van der Waals surface area (Å²) in [5.74, 6) is 0.0823. The van der Waals surface area contributed by atoms with E-state index in [0.29, 0.717) is 28.4 Å². The Hall–Kier alpha value is -4.37. The molecular weight excluding hydrogens is 472 g/mol. The van der Waals surface area contributed by atoms with Crippen molar-refractivity contribution in [1.29, 1.82) is 5.41 Å². The van der Waals surface area contributed by atoms with Crippen molar-refractivity contribution in [2.75, 3.05) is 0 Å². The van der Waals surface area contributed by atoms with Crippen molar-refractivity contribution in [2.45, 2.75) is 44.4 Å². The monoisotopic (exact) mass is 502 g/mol. The number of ether oxygens (including phenoxy) is 2. The third-order valence-electron chi connectivity index (χ3n) is 6.26. The van der Waals surface area contributed by atoms with E-state index in [2.05, 4.69) is 5.32 Å². The molecule has 7 N–H and O–H groups in total. The van der Waals surface area contributed by atoms with Crippen molar-refractivity contribution in [2.24, 2.45) is 11.5 Å². The van der Waals surface area contributed by atoms with Gasteiger partial charge >= 0.3 is 5.97 Å². The highest BCUT2D eigenvalue weighted by molar-refractivity contribution is 5.95. The number of carboxylic acid groups (broad SMARTS) is 1. The molecule has 0 radical (unpaired) electrons. The fourth-order valence-corrected chi connectivity index (χ4v) is 4.13. The first-order valence-corrected chi connectivity index (χ1v) is 12.1. The third-order valence-corrected chi connectivity index (χ3v) is 6.26. The third kappa shape index (κ3) is 7.08. The Kier molecular flexibility index (Phi) is 8.05. The van der Waals surface area contributed by atoms with Gasteiger partial charge in [-0.25, -0.2) is 4.79 Å². The molecule has 0 saturated heterocycles. The van der Waals surface area contributed by atoms with Gasteiger partial charge in [-0.15, -0.1) is 0 Å². The maximum absolute atomic E-state index is 13.1. The molecule has 9 heteroatoms. The largest absolute Gasteiger partial charge is 0.489 e. The van der Waals surface area contributed by atoms with E-state index in [4.69, 9.17) is 31.5 Å². The number of hydrogen-bond donors (Lipinski definition) is 5. The molecule has 3 aromatic carbocycles. The van der Waals surface area contributed by atoms with Crippen LogP contribution >= 0.6 is 0 Å². The summed E-state index contributed by atoms with van der Waals surface area (Å²) in [6.45, 7) is 0.179. The number of nitrogens with one attached hydrogen (secondary N) is 2. The van der Waals surface area contributed by atoms with Gasteiger partial charge in [-0.05, 0) is 79.8 Å². The first-order chi connectivity index (χ1) is 17.8. The van der Waals surface area contributed by atoms with Crippen molar-refractivity contribution < 1.29 is 24.2 Å². The molecule has 0 unspecified atom stereocenters. The van der Waals surface area contributed by atoms with Gasteiger partial charge in [0.15, 0.2) is 0 Å². The highest BCUT2D eigenvalue weighted by atomic mass is 16.5. The number of hydrogen-bond acceptors (Lipinski definition) is 6. The number of carbonyl (C=O) groups excluding carboxylic acids is 1. The summed E-state index contributed by atoms with van der Waals surface area (Å²) in [5, 5.41) is 19.7. The van der Waals surface area contributed by atoms with E-state index in [9.17, 15) is 9.59 Å². The van der Waals surface area contributed by atoms with Crippen LogP contribution < -0.4 is 26.3 Å². The van der Waals surface area contributed by atoms with Gasteiger partial charge in [0, 0.05) is 29.3 Å². The molecule has 1 aliphatic carbocycles. The molecule has 0 atom stereocenters. The zero-order valence-corrected chi connectivity index (χ0v) is 20.3. The SMILES string of the molecule is N=C(N)c1ccc(Oc2cc(OCc3ccc(C(=O)O)cc3)cc(C(=O)NC3CCC(N)CC3)c2)cc1. The molecule has 0 aromatic heterocycles. The molecule has 1 fully saturated rings. The second-order valence-corrected chi connectivity index (χ2v) is 9.11. The molecule has 37 heavy (non-hydrogen) atoms. The van der Waals surface area contributed by atoms with Crippen LogP contribution in [0.2, 0.25) is 0 Å². The second kappa shape index (κ2) is 11.6. The van der Waals surface area contributed by atoms with Crippen LogP contribution in [0.3, 0.4) is 0 Å². The molecule has 4 rings (SSSR count). The summed E-state index contributed by atoms with van der Waals surface area (Å²) >= 11 is 0. The standard InChI is InChI=1S/C28H30N4O5/c29-21-7-9-22(10-8-21)32-27(33)20-13-24(36-16-17-1-3-19(4-2-17)28(34)35)15-25(14-20)37-23-11-5-18(6-12-23)26(30)31/h1-6,11-15,21-22H,7-10,16,29H2,(H3,30,31)(H,32,33)(H,34,35). The lowest BCUT2D eigenvalue weighted by molar-refractivity contribution is 0.0696. The smallest absolute Gasteiger partial charge is 0.335 e. The van der Waals surface area contributed by atoms with E-state index in [0.717, 1.165) is 31.2 Å². The summed E-state index contributed by atoms with van der Waals surface area (Å²) in [6.07, 6.45) is 3.42. The fraction of sp³-hybridized carbons (Fsp3) is 0.250. The van der Waals surface area contributed by atoms with E-state index >= 15 is 0 Å². The highest BCUT2D eigenvalue weighted by Crippen LogP contribution is 2.29. The summed E-state index contributed by atoms with van der Waals surface area (Å²) in [6, 6.07) is 18.4. The lowest BCUT2D eigenvalue weighted by atomic mass is 9.91. The van der Waals surface area contributed by atoms with Gasteiger partial charge in [-0.1, -0.05) is 12.1 Å². The van der Waals surface area contributed by atoms with E-state index in [-0.39, 0.29) is 36.0 Å². The van der Waals surface area contributed by atoms with Crippen molar-refractivity contribution in [1.82, 2.24) is 5.32 Å². The zero-order valence-electron chi connectivity index (χ0n) is 20.3. The topological polar surface area (TPSA) is 161 Å². The second-order valence-electron chi connectivity index (χ2n) is 9.11. The van der Waals surface area contributed by atoms with Crippen LogP contribution in [0, 0.1) is 5.41 Å². The Bertz CT molecular complexity index is 1270. The van der Waals surface area contributed by atoms with Crippen LogP contribution in [0.25, 0.3) is 0 Å². The van der Waals surface area contributed by atoms with Crippen molar-refractivity contribution in [3.63, 3.8) is 0 Å². The molecule has 1 aliphatic rings. The number of carbonyl (C=O) groups is 2. The van der Waals surface area contributed by atoms with Crippen molar-refractivity contribution in [3.05, 3.63) is 89.0 Å². The van der Waals surface area contributed by atoms with E-state index in [1.54, 1.807) is 54.6 Å². The van der Waals surface area contributed by atoms with Crippen LogP contribution in [0.5, 0.6) is 17.2 Å². The molecule has 1 amide bonds. The summed E-state index contributed by atoms with van der Waals surface area (Å²) < 4.78 is 11.9. The molecule has 9 nitrogen and oxygen atoms in total. The van der Waals surface area contributed by atoms with Crippen LogP contribution in [0.15, 0.2) is 66.7 Å². The number of nitrogen functional groups attached to an aromatic ring is 1. The van der Waals surface area contributed by atoms with Crippen LogP contribution in [0.1, 0.15) is 57.5 Å². The lowest BCUT2D eigenvalue weighted by Crippen LogP contribution is -2.40. The molecular formula is C28H30N4O5. The van der Waals surface area contributed by atoms with Crippen LogP contribution in [0.4, 0.5) is 0 Å². The molecule has 0 aliphatic heterocycles. The number of nitrogens with two attached hydrogens (primary N) is 2. The first kappa shape index (κ1) is 25.7. The summed E-state index contributed by atoms with van der Waals surface area (Å²) in [7, 11) is 0. The van der Waals surface area contributed by atoms with Gasteiger partial charge in [0.25, 0.3) is 5.91 Å². The Balaban J connectivity index is 1.53. The van der Waals surface area contributed by atoms with E-state index in [1.165, 1.54) is 12.1 Å².